The van der Waals surface area contributed by atoms with Gasteiger partial charge in [0.2, 0.25) is 0 Å². The lowest BCUT2D eigenvalue weighted by Crippen LogP contribution is -2.25. The topological polar surface area (TPSA) is 64.6 Å². The molecule has 0 atom stereocenters. The Morgan fingerprint density at radius 2 is 1.76 bits per heavy atom. The molecule has 2 aromatic carbocycles. The number of rotatable bonds is 7. The third kappa shape index (κ3) is 4.02. The number of aromatic nitrogens is 1. The summed E-state index contributed by atoms with van der Waals surface area (Å²) in [6.07, 6.45) is -2.76. The van der Waals surface area contributed by atoms with Gasteiger partial charge in [-0.2, -0.15) is 0 Å². The number of methoxy groups -OCH3 is 1. The van der Waals surface area contributed by atoms with Gasteiger partial charge >= 0.3 is 6.29 Å². The maximum Gasteiger partial charge on any atom is 0.586 e. The number of fused-ring (bicyclic) bond motifs is 2. The summed E-state index contributed by atoms with van der Waals surface area (Å²) < 4.78 is 41.4. The van der Waals surface area contributed by atoms with E-state index in [2.05, 4.69) is 25.1 Å². The average Bonchev–Trinajstić information content (AvgIpc) is 3.02. The molecule has 152 valence electrons. The minimum absolute atomic E-state index is 0.000211. The predicted molar refractivity (Wildman–Crippen MR) is 107 cm³/mol. The van der Waals surface area contributed by atoms with Crippen LogP contribution in [0.5, 0.6) is 17.2 Å². The number of hydrogen-bond donors (Lipinski definition) is 2. The molecule has 1 aliphatic heterocycles. The van der Waals surface area contributed by atoms with E-state index < -0.39 is 6.29 Å². The zero-order valence-corrected chi connectivity index (χ0v) is 16.1. The molecule has 3 aromatic rings. The maximum absolute atomic E-state index is 13.5. The Bertz CT molecular complexity index is 1030. The second kappa shape index (κ2) is 7.71. The van der Waals surface area contributed by atoms with Crippen molar-refractivity contribution in [2.45, 2.75) is 12.7 Å². The molecule has 0 amide bonds. The standard InChI is InChI=1S/C21H21F2N3O3/c1-24-8-3-9-25-17-11-16(13-4-6-14(27-2)7-5-13)26-18-12-20-19(10-15(17)18)28-21(22,23)29-20/h4-7,10-12,24H,3,8-9H2,1-2H3,(H,25,26). The Labute approximate surface area is 166 Å². The van der Waals surface area contributed by atoms with Gasteiger partial charge in [0.25, 0.3) is 0 Å². The molecule has 1 aromatic heterocycles. The van der Waals surface area contributed by atoms with Crippen LogP contribution in [0.1, 0.15) is 6.42 Å². The first-order valence-electron chi connectivity index (χ1n) is 9.26. The molecule has 0 fully saturated rings. The summed E-state index contributed by atoms with van der Waals surface area (Å²) in [4.78, 5) is 4.66. The smallest absolute Gasteiger partial charge is 0.497 e. The number of halogens is 2. The summed E-state index contributed by atoms with van der Waals surface area (Å²) in [6, 6.07) is 12.4. The zero-order valence-electron chi connectivity index (χ0n) is 16.1. The van der Waals surface area contributed by atoms with Crippen molar-refractivity contribution in [3.05, 3.63) is 42.5 Å². The van der Waals surface area contributed by atoms with Crippen molar-refractivity contribution in [2.24, 2.45) is 0 Å². The van der Waals surface area contributed by atoms with Gasteiger partial charge in [0.1, 0.15) is 5.75 Å². The second-order valence-electron chi connectivity index (χ2n) is 6.65. The van der Waals surface area contributed by atoms with Crippen molar-refractivity contribution in [2.75, 3.05) is 32.6 Å². The SMILES string of the molecule is CNCCCNc1cc(-c2ccc(OC)cc2)nc2cc3c(cc12)OC(F)(F)O3. The average molecular weight is 401 g/mol. The normalized spacial score (nSPS) is 14.2. The van der Waals surface area contributed by atoms with Gasteiger partial charge in [0.05, 0.1) is 18.3 Å². The number of hydrogen-bond acceptors (Lipinski definition) is 6. The molecular weight excluding hydrogens is 380 g/mol. The molecule has 0 spiro atoms. The molecule has 0 saturated heterocycles. The summed E-state index contributed by atoms with van der Waals surface area (Å²) in [7, 11) is 3.50. The predicted octanol–water partition coefficient (Wildman–Crippen LogP) is 4.25. The first-order valence-corrected chi connectivity index (χ1v) is 9.26. The number of pyridine rings is 1. The highest BCUT2D eigenvalue weighted by atomic mass is 19.3. The third-order valence-corrected chi connectivity index (χ3v) is 4.64. The van der Waals surface area contributed by atoms with E-state index in [1.54, 1.807) is 7.11 Å². The van der Waals surface area contributed by atoms with Crippen LogP contribution >= 0.6 is 0 Å². The quantitative estimate of drug-likeness (QED) is 0.577. The molecule has 1 aliphatic rings. The van der Waals surface area contributed by atoms with Crippen molar-refractivity contribution >= 4 is 16.6 Å². The lowest BCUT2D eigenvalue weighted by molar-refractivity contribution is -0.286. The zero-order chi connectivity index (χ0) is 20.4. The third-order valence-electron chi connectivity index (χ3n) is 4.64. The van der Waals surface area contributed by atoms with E-state index in [1.807, 2.05) is 37.4 Å². The Balaban J connectivity index is 1.77. The van der Waals surface area contributed by atoms with Gasteiger partial charge in [-0.1, -0.05) is 0 Å². The molecule has 4 rings (SSSR count). The van der Waals surface area contributed by atoms with Crippen LogP contribution in [0.2, 0.25) is 0 Å². The molecule has 0 radical (unpaired) electrons. The lowest BCUT2D eigenvalue weighted by atomic mass is 10.1. The fourth-order valence-corrected chi connectivity index (χ4v) is 3.21. The second-order valence-corrected chi connectivity index (χ2v) is 6.65. The summed E-state index contributed by atoms with van der Waals surface area (Å²) in [5.41, 5.74) is 2.92. The molecular formula is C21H21F2N3O3. The molecule has 29 heavy (non-hydrogen) atoms. The van der Waals surface area contributed by atoms with Gasteiger partial charge in [-0.05, 0) is 56.4 Å². The van der Waals surface area contributed by atoms with Crippen LogP contribution in [0.4, 0.5) is 14.5 Å². The van der Waals surface area contributed by atoms with Crippen LogP contribution in [-0.4, -0.2) is 38.5 Å². The van der Waals surface area contributed by atoms with Crippen LogP contribution in [0.25, 0.3) is 22.2 Å². The Kier molecular flexibility index (Phi) is 5.10. The van der Waals surface area contributed by atoms with Crippen molar-refractivity contribution < 1.29 is 23.0 Å². The van der Waals surface area contributed by atoms with E-state index >= 15 is 0 Å². The number of nitrogens with zero attached hydrogens (tertiary/aromatic N) is 1. The monoisotopic (exact) mass is 401 g/mol. The molecule has 0 bridgehead atoms. The first-order chi connectivity index (χ1) is 14.0. The number of alkyl halides is 2. The van der Waals surface area contributed by atoms with Crippen molar-refractivity contribution in [1.82, 2.24) is 10.3 Å². The van der Waals surface area contributed by atoms with Gasteiger partial charge in [-0.3, -0.25) is 0 Å². The molecule has 2 heterocycles. The van der Waals surface area contributed by atoms with Gasteiger partial charge < -0.3 is 24.8 Å². The van der Waals surface area contributed by atoms with Gasteiger partial charge in [0.15, 0.2) is 11.5 Å². The van der Waals surface area contributed by atoms with Gasteiger partial charge in [0, 0.05) is 29.2 Å². The van der Waals surface area contributed by atoms with Crippen LogP contribution in [-0.2, 0) is 0 Å². The Morgan fingerprint density at radius 1 is 1.03 bits per heavy atom. The summed E-state index contributed by atoms with van der Waals surface area (Å²) >= 11 is 0. The van der Waals surface area contributed by atoms with E-state index in [9.17, 15) is 8.78 Å². The highest BCUT2D eigenvalue weighted by Crippen LogP contribution is 2.44. The molecule has 2 N–H and O–H groups in total. The Morgan fingerprint density at radius 3 is 2.45 bits per heavy atom. The largest absolute Gasteiger partial charge is 0.586 e. The molecule has 0 saturated carbocycles. The summed E-state index contributed by atoms with van der Waals surface area (Å²) in [5, 5.41) is 7.16. The molecule has 8 heteroatoms. The van der Waals surface area contributed by atoms with E-state index in [0.717, 1.165) is 30.0 Å². The van der Waals surface area contributed by atoms with Gasteiger partial charge in [-0.25, -0.2) is 4.98 Å². The van der Waals surface area contributed by atoms with E-state index in [1.165, 1.54) is 12.1 Å². The van der Waals surface area contributed by atoms with E-state index in [4.69, 9.17) is 4.74 Å². The summed E-state index contributed by atoms with van der Waals surface area (Å²) in [6.45, 7) is 1.58. The van der Waals surface area contributed by atoms with Crippen LogP contribution in [0.3, 0.4) is 0 Å². The number of benzene rings is 2. The maximum atomic E-state index is 13.5. The van der Waals surface area contributed by atoms with E-state index in [-0.39, 0.29) is 11.5 Å². The van der Waals surface area contributed by atoms with Crippen molar-refractivity contribution in [1.29, 1.82) is 0 Å². The highest BCUT2D eigenvalue weighted by Gasteiger charge is 2.43. The van der Waals surface area contributed by atoms with Crippen LogP contribution < -0.4 is 24.8 Å². The van der Waals surface area contributed by atoms with E-state index in [0.29, 0.717) is 23.1 Å². The number of ether oxygens (including phenoxy) is 3. The fourth-order valence-electron chi connectivity index (χ4n) is 3.21. The number of nitrogens with one attached hydrogen (secondary N) is 2. The molecule has 6 nitrogen and oxygen atoms in total. The first kappa shape index (κ1) is 19.2. The van der Waals surface area contributed by atoms with Crippen molar-refractivity contribution in [3.63, 3.8) is 0 Å². The molecule has 0 aliphatic carbocycles. The summed E-state index contributed by atoms with van der Waals surface area (Å²) in [5.74, 6) is 0.716. The Hall–Kier alpha value is -3.13. The minimum atomic E-state index is -3.67. The highest BCUT2D eigenvalue weighted by molar-refractivity contribution is 5.96. The molecule has 0 unspecified atom stereocenters. The fraction of sp³-hybridized carbons (Fsp3) is 0.286. The van der Waals surface area contributed by atoms with Crippen LogP contribution in [0.15, 0.2) is 42.5 Å². The lowest BCUT2D eigenvalue weighted by Gasteiger charge is -2.13. The van der Waals surface area contributed by atoms with Gasteiger partial charge in [-0.15, -0.1) is 8.78 Å². The number of anilines is 1. The van der Waals surface area contributed by atoms with Crippen LogP contribution in [0, 0.1) is 0 Å². The minimum Gasteiger partial charge on any atom is -0.497 e. The van der Waals surface area contributed by atoms with Crippen molar-refractivity contribution in [3.8, 4) is 28.5 Å².